The van der Waals surface area contributed by atoms with E-state index in [0.717, 1.165) is 5.56 Å². The lowest BCUT2D eigenvalue weighted by atomic mass is 10.2. The van der Waals surface area contributed by atoms with Crippen LogP contribution in [-0.4, -0.2) is 21.6 Å². The van der Waals surface area contributed by atoms with Crippen LogP contribution >= 0.6 is 11.8 Å². The Kier molecular flexibility index (Phi) is 5.35. The van der Waals surface area contributed by atoms with Gasteiger partial charge in [0, 0.05) is 16.0 Å². The molecule has 2 aromatic carbocycles. The van der Waals surface area contributed by atoms with Crippen molar-refractivity contribution in [1.29, 1.82) is 0 Å². The average molecular weight is 357 g/mol. The van der Waals surface area contributed by atoms with Crippen LogP contribution in [0.15, 0.2) is 71.9 Å². The smallest absolute Gasteiger partial charge is 0.288 e. The molecule has 0 bridgehead atoms. The Hall–Kier alpha value is -2.80. The summed E-state index contributed by atoms with van der Waals surface area (Å²) in [6, 6.07) is 15.5. The van der Waals surface area contributed by atoms with E-state index in [9.17, 15) is 13.6 Å². The molecule has 3 aromatic rings. The highest BCUT2D eigenvalue weighted by molar-refractivity contribution is 7.99. The molecule has 7 heteroatoms. The van der Waals surface area contributed by atoms with Gasteiger partial charge in [-0.05, 0) is 24.3 Å². The minimum Gasteiger partial charge on any atom is -0.319 e. The number of halogens is 2. The van der Waals surface area contributed by atoms with Crippen molar-refractivity contribution in [2.75, 3.05) is 5.32 Å². The van der Waals surface area contributed by atoms with E-state index in [1.807, 2.05) is 30.3 Å². The molecule has 4 nitrogen and oxygen atoms in total. The summed E-state index contributed by atoms with van der Waals surface area (Å²) in [4.78, 5) is 21.0. The van der Waals surface area contributed by atoms with Crippen LogP contribution in [0.5, 0.6) is 0 Å². The minimum absolute atomic E-state index is 0.357. The molecule has 0 aliphatic carbocycles. The van der Waals surface area contributed by atoms with E-state index in [1.165, 1.54) is 36.7 Å². The Bertz CT molecular complexity index is 840. The van der Waals surface area contributed by atoms with E-state index in [2.05, 4.69) is 15.3 Å². The number of hydrogen-bond acceptors (Lipinski definition) is 4. The van der Waals surface area contributed by atoms with Crippen LogP contribution in [0.25, 0.3) is 11.4 Å². The number of thioether (sulfide) groups is 1. The summed E-state index contributed by atoms with van der Waals surface area (Å²) in [5.41, 5.74) is 1.70. The first-order valence-corrected chi connectivity index (χ1v) is 8.23. The van der Waals surface area contributed by atoms with E-state index in [-0.39, 0.29) is 5.91 Å². The first kappa shape index (κ1) is 17.0. The lowest BCUT2D eigenvalue weighted by Gasteiger charge is -2.06. The van der Waals surface area contributed by atoms with E-state index in [4.69, 9.17) is 0 Å². The van der Waals surface area contributed by atoms with Crippen molar-refractivity contribution in [2.45, 2.75) is 10.7 Å². The van der Waals surface area contributed by atoms with Crippen molar-refractivity contribution < 1.29 is 13.6 Å². The number of amides is 1. The van der Waals surface area contributed by atoms with Crippen molar-refractivity contribution in [3.05, 3.63) is 72.6 Å². The molecule has 0 radical (unpaired) electrons. The fraction of sp³-hybridized carbons (Fsp3) is 0.0556. The van der Waals surface area contributed by atoms with Crippen molar-refractivity contribution in [1.82, 2.24) is 9.97 Å². The maximum Gasteiger partial charge on any atom is 0.288 e. The fourth-order valence-corrected chi connectivity index (χ4v) is 2.62. The number of hydrogen-bond donors (Lipinski definition) is 1. The number of aromatic nitrogens is 2. The second-order valence-corrected chi connectivity index (χ2v) is 6.08. The van der Waals surface area contributed by atoms with Crippen LogP contribution < -0.4 is 5.32 Å². The largest absolute Gasteiger partial charge is 0.319 e. The van der Waals surface area contributed by atoms with Gasteiger partial charge in [0.25, 0.3) is 11.7 Å². The SMILES string of the molecule is O=C(Nc1cnc(-c2ccccc2)nc1)c1ccc(SC(F)F)cc1. The summed E-state index contributed by atoms with van der Waals surface area (Å²) in [5.74, 6) is -2.28. The second kappa shape index (κ2) is 7.85. The molecular formula is C18H13F2N3OS. The van der Waals surface area contributed by atoms with Gasteiger partial charge >= 0.3 is 0 Å². The number of nitrogens with zero attached hydrogens (tertiary/aromatic N) is 2. The zero-order valence-corrected chi connectivity index (χ0v) is 13.7. The minimum atomic E-state index is -2.49. The summed E-state index contributed by atoms with van der Waals surface area (Å²) in [5, 5.41) is 2.68. The number of anilines is 1. The van der Waals surface area contributed by atoms with Crippen molar-refractivity contribution in [2.24, 2.45) is 0 Å². The van der Waals surface area contributed by atoms with Crippen molar-refractivity contribution >= 4 is 23.4 Å². The zero-order chi connectivity index (χ0) is 17.6. The van der Waals surface area contributed by atoms with Gasteiger partial charge in [-0.3, -0.25) is 4.79 Å². The number of carbonyl (C=O) groups is 1. The molecule has 1 aromatic heterocycles. The Morgan fingerprint density at radius 2 is 1.60 bits per heavy atom. The quantitative estimate of drug-likeness (QED) is 0.672. The highest BCUT2D eigenvalue weighted by Gasteiger charge is 2.09. The predicted molar refractivity (Wildman–Crippen MR) is 93.7 cm³/mol. The molecule has 1 N–H and O–H groups in total. The molecule has 25 heavy (non-hydrogen) atoms. The third-order valence-corrected chi connectivity index (χ3v) is 4.01. The Balaban J connectivity index is 1.66. The third-order valence-electron chi connectivity index (χ3n) is 3.28. The Labute approximate surface area is 147 Å². The predicted octanol–water partition coefficient (Wildman–Crippen LogP) is 4.71. The molecule has 0 aliphatic rings. The molecular weight excluding hydrogens is 344 g/mol. The number of alkyl halides is 2. The van der Waals surface area contributed by atoms with Crippen molar-refractivity contribution in [3.63, 3.8) is 0 Å². The molecule has 1 amide bonds. The van der Waals surface area contributed by atoms with Gasteiger partial charge in [-0.1, -0.05) is 42.1 Å². The summed E-state index contributed by atoms with van der Waals surface area (Å²) >= 11 is 0.437. The highest BCUT2D eigenvalue weighted by atomic mass is 32.2. The zero-order valence-electron chi connectivity index (χ0n) is 12.9. The molecule has 0 saturated heterocycles. The fourth-order valence-electron chi connectivity index (χ4n) is 2.12. The molecule has 3 rings (SSSR count). The monoisotopic (exact) mass is 357 g/mol. The number of rotatable bonds is 5. The van der Waals surface area contributed by atoms with E-state index in [1.54, 1.807) is 0 Å². The number of nitrogens with one attached hydrogen (secondary N) is 1. The maximum absolute atomic E-state index is 12.3. The first-order valence-electron chi connectivity index (χ1n) is 7.35. The molecule has 0 fully saturated rings. The summed E-state index contributed by atoms with van der Waals surface area (Å²) in [7, 11) is 0. The molecule has 0 aliphatic heterocycles. The number of benzene rings is 2. The number of carbonyl (C=O) groups excluding carboxylic acids is 1. The van der Waals surface area contributed by atoms with Crippen LogP contribution in [0.3, 0.4) is 0 Å². The van der Waals surface area contributed by atoms with Crippen LogP contribution in [0, 0.1) is 0 Å². The van der Waals surface area contributed by atoms with Gasteiger partial charge in [0.05, 0.1) is 18.1 Å². The van der Waals surface area contributed by atoms with Gasteiger partial charge in [0.15, 0.2) is 5.82 Å². The third kappa shape index (κ3) is 4.60. The van der Waals surface area contributed by atoms with Gasteiger partial charge in [0.2, 0.25) is 0 Å². The Morgan fingerprint density at radius 3 is 2.20 bits per heavy atom. The topological polar surface area (TPSA) is 54.9 Å². The summed E-state index contributed by atoms with van der Waals surface area (Å²) in [6.45, 7) is 0. The van der Waals surface area contributed by atoms with Crippen molar-refractivity contribution in [3.8, 4) is 11.4 Å². The summed E-state index contributed by atoms with van der Waals surface area (Å²) < 4.78 is 24.6. The van der Waals surface area contributed by atoms with E-state index < -0.39 is 5.76 Å². The van der Waals surface area contributed by atoms with Crippen LogP contribution in [0.1, 0.15) is 10.4 Å². The van der Waals surface area contributed by atoms with Crippen LogP contribution in [0.2, 0.25) is 0 Å². The maximum atomic E-state index is 12.3. The van der Waals surface area contributed by atoms with Crippen LogP contribution in [-0.2, 0) is 0 Å². The summed E-state index contributed by atoms with van der Waals surface area (Å²) in [6.07, 6.45) is 3.04. The highest BCUT2D eigenvalue weighted by Crippen LogP contribution is 2.25. The standard InChI is InChI=1S/C18H13F2N3OS/c19-18(20)25-15-8-6-13(7-9-15)17(24)23-14-10-21-16(22-11-14)12-4-2-1-3-5-12/h1-11,18H,(H,23,24). The van der Waals surface area contributed by atoms with Gasteiger partial charge < -0.3 is 5.32 Å². The first-order chi connectivity index (χ1) is 12.1. The molecule has 126 valence electrons. The molecule has 1 heterocycles. The molecule has 0 saturated carbocycles. The Morgan fingerprint density at radius 1 is 0.960 bits per heavy atom. The normalized spacial score (nSPS) is 10.7. The van der Waals surface area contributed by atoms with Crippen LogP contribution in [0.4, 0.5) is 14.5 Å². The molecule has 0 unspecified atom stereocenters. The van der Waals surface area contributed by atoms with E-state index >= 15 is 0 Å². The van der Waals surface area contributed by atoms with Gasteiger partial charge in [-0.25, -0.2) is 9.97 Å². The van der Waals surface area contributed by atoms with E-state index in [0.29, 0.717) is 33.7 Å². The lowest BCUT2D eigenvalue weighted by molar-refractivity contribution is 0.102. The average Bonchev–Trinajstić information content (AvgIpc) is 2.63. The van der Waals surface area contributed by atoms with Gasteiger partial charge in [0.1, 0.15) is 0 Å². The molecule has 0 spiro atoms. The molecule has 0 atom stereocenters. The van der Waals surface area contributed by atoms with Gasteiger partial charge in [-0.15, -0.1) is 0 Å². The van der Waals surface area contributed by atoms with Gasteiger partial charge in [-0.2, -0.15) is 8.78 Å². The second-order valence-electron chi connectivity index (χ2n) is 5.02. The lowest BCUT2D eigenvalue weighted by Crippen LogP contribution is -2.12.